The highest BCUT2D eigenvalue weighted by Gasteiger charge is 2.14. The van der Waals surface area contributed by atoms with Gasteiger partial charge in [0, 0.05) is 23.7 Å². The van der Waals surface area contributed by atoms with Gasteiger partial charge in [-0.1, -0.05) is 31.5 Å². The maximum Gasteiger partial charge on any atom is 0.128 e. The Balaban J connectivity index is 2.41. The van der Waals surface area contributed by atoms with Gasteiger partial charge in [-0.2, -0.15) is 0 Å². The summed E-state index contributed by atoms with van der Waals surface area (Å²) in [7, 11) is 0. The summed E-state index contributed by atoms with van der Waals surface area (Å²) in [5.74, 6) is 1.00. The zero-order valence-electron chi connectivity index (χ0n) is 10.9. The summed E-state index contributed by atoms with van der Waals surface area (Å²) in [6, 6.07) is 3.90. The third-order valence-electron chi connectivity index (χ3n) is 3.13. The Bertz CT molecular complexity index is 558. The molecule has 18 heavy (non-hydrogen) atoms. The molecule has 2 heterocycles. The van der Waals surface area contributed by atoms with Crippen LogP contribution in [-0.4, -0.2) is 9.55 Å². The van der Waals surface area contributed by atoms with Crippen LogP contribution in [0.25, 0.3) is 0 Å². The second-order valence-corrected chi connectivity index (χ2v) is 5.22. The molecule has 0 fully saturated rings. The predicted molar refractivity (Wildman–Crippen MR) is 76.0 cm³/mol. The van der Waals surface area contributed by atoms with Gasteiger partial charge in [-0.05, 0) is 24.5 Å². The first-order valence-corrected chi connectivity index (χ1v) is 6.43. The highest BCUT2D eigenvalue weighted by Crippen LogP contribution is 2.28. The lowest BCUT2D eigenvalue weighted by atomic mass is 10.1. The molecule has 0 saturated heterocycles. The summed E-state index contributed by atoms with van der Waals surface area (Å²) >= 11 is 6.22. The highest BCUT2D eigenvalue weighted by atomic mass is 35.5. The van der Waals surface area contributed by atoms with Crippen molar-refractivity contribution in [2.75, 3.05) is 5.73 Å². The van der Waals surface area contributed by atoms with E-state index in [1.165, 1.54) is 5.69 Å². The van der Waals surface area contributed by atoms with Crippen LogP contribution in [0.15, 0.2) is 24.5 Å². The van der Waals surface area contributed by atoms with Crippen LogP contribution >= 0.6 is 11.6 Å². The second kappa shape index (κ2) is 5.02. The van der Waals surface area contributed by atoms with Crippen LogP contribution in [-0.2, 0) is 6.54 Å². The third-order valence-corrected chi connectivity index (χ3v) is 3.52. The van der Waals surface area contributed by atoms with Crippen molar-refractivity contribution in [1.29, 1.82) is 0 Å². The van der Waals surface area contributed by atoms with E-state index in [4.69, 9.17) is 17.3 Å². The Morgan fingerprint density at radius 3 is 2.78 bits per heavy atom. The van der Waals surface area contributed by atoms with E-state index in [0.717, 1.165) is 16.1 Å². The first-order valence-electron chi connectivity index (χ1n) is 6.05. The van der Waals surface area contributed by atoms with Crippen LogP contribution in [0.5, 0.6) is 0 Å². The summed E-state index contributed by atoms with van der Waals surface area (Å²) < 4.78 is 2.16. The number of hydrogen-bond donors (Lipinski definition) is 1. The normalized spacial score (nSPS) is 11.2. The fraction of sp³-hybridized carbons (Fsp3) is 0.357. The summed E-state index contributed by atoms with van der Waals surface area (Å²) in [6.45, 7) is 7.10. The van der Waals surface area contributed by atoms with Crippen molar-refractivity contribution in [2.45, 2.75) is 33.2 Å². The average Bonchev–Trinajstić information content (AvgIpc) is 2.58. The maximum absolute atomic E-state index is 6.22. The number of aromatic nitrogens is 2. The molecule has 2 aromatic heterocycles. The lowest BCUT2D eigenvalue weighted by Crippen LogP contribution is -2.08. The van der Waals surface area contributed by atoms with Crippen molar-refractivity contribution in [2.24, 2.45) is 0 Å². The van der Waals surface area contributed by atoms with E-state index in [2.05, 4.69) is 30.3 Å². The first-order chi connectivity index (χ1) is 8.50. The number of anilines is 1. The molecular weight excluding hydrogens is 246 g/mol. The van der Waals surface area contributed by atoms with Crippen molar-refractivity contribution < 1.29 is 0 Å². The van der Waals surface area contributed by atoms with Gasteiger partial charge in [0.15, 0.2) is 0 Å². The van der Waals surface area contributed by atoms with Crippen molar-refractivity contribution in [3.05, 3.63) is 46.4 Å². The van der Waals surface area contributed by atoms with Crippen LogP contribution in [0.3, 0.4) is 0 Å². The molecule has 4 heteroatoms. The first kappa shape index (κ1) is 13.0. The van der Waals surface area contributed by atoms with E-state index in [-0.39, 0.29) is 0 Å². The number of rotatable bonds is 3. The predicted octanol–water partition coefficient (Wildman–Crippen LogP) is 3.60. The van der Waals surface area contributed by atoms with Crippen LogP contribution < -0.4 is 5.73 Å². The molecule has 3 nitrogen and oxygen atoms in total. The monoisotopic (exact) mass is 263 g/mol. The molecule has 0 unspecified atom stereocenters. The largest absolute Gasteiger partial charge is 0.383 e. The Labute approximate surface area is 113 Å². The van der Waals surface area contributed by atoms with Crippen molar-refractivity contribution >= 4 is 17.4 Å². The SMILES string of the molecule is Cc1c(Cl)cn(Cc2cccnc2N)c1C(C)C. The molecule has 0 spiro atoms. The second-order valence-electron chi connectivity index (χ2n) is 4.82. The molecule has 0 bridgehead atoms. The van der Waals surface area contributed by atoms with Crippen molar-refractivity contribution in [3.8, 4) is 0 Å². The van der Waals surface area contributed by atoms with Gasteiger partial charge in [-0.25, -0.2) is 4.98 Å². The fourth-order valence-electron chi connectivity index (χ4n) is 2.30. The Morgan fingerprint density at radius 2 is 2.17 bits per heavy atom. The van der Waals surface area contributed by atoms with E-state index >= 15 is 0 Å². The number of hydrogen-bond acceptors (Lipinski definition) is 2. The summed E-state index contributed by atoms with van der Waals surface area (Å²) in [5, 5.41) is 0.807. The van der Waals surface area contributed by atoms with Crippen LogP contribution in [0.4, 0.5) is 5.82 Å². The van der Waals surface area contributed by atoms with Crippen molar-refractivity contribution in [1.82, 2.24) is 9.55 Å². The molecular formula is C14H18ClN3. The molecule has 2 rings (SSSR count). The lowest BCUT2D eigenvalue weighted by Gasteiger charge is -2.14. The Hall–Kier alpha value is -1.48. The third kappa shape index (κ3) is 2.36. The smallest absolute Gasteiger partial charge is 0.128 e. The molecule has 0 amide bonds. The van der Waals surface area contributed by atoms with Gasteiger partial charge in [-0.15, -0.1) is 0 Å². The van der Waals surface area contributed by atoms with Gasteiger partial charge in [-0.3, -0.25) is 0 Å². The maximum atomic E-state index is 6.22. The van der Waals surface area contributed by atoms with Gasteiger partial charge in [0.2, 0.25) is 0 Å². The summed E-state index contributed by atoms with van der Waals surface area (Å²) in [5.41, 5.74) is 9.30. The molecule has 0 atom stereocenters. The van der Waals surface area contributed by atoms with E-state index in [9.17, 15) is 0 Å². The van der Waals surface area contributed by atoms with E-state index in [0.29, 0.717) is 18.3 Å². The number of nitrogens with two attached hydrogens (primary N) is 1. The minimum atomic E-state index is 0.426. The quantitative estimate of drug-likeness (QED) is 0.920. The van der Waals surface area contributed by atoms with Crippen LogP contribution in [0.1, 0.15) is 36.6 Å². The summed E-state index contributed by atoms with van der Waals surface area (Å²) in [4.78, 5) is 4.11. The number of nitrogen functional groups attached to an aromatic ring is 1. The van der Waals surface area contributed by atoms with Gasteiger partial charge in [0.1, 0.15) is 5.82 Å². The van der Waals surface area contributed by atoms with E-state index < -0.39 is 0 Å². The van der Waals surface area contributed by atoms with Crippen LogP contribution in [0, 0.1) is 6.92 Å². The molecule has 2 aromatic rings. The highest BCUT2D eigenvalue weighted by molar-refractivity contribution is 6.31. The molecule has 0 aromatic carbocycles. The molecule has 0 aliphatic carbocycles. The number of pyridine rings is 1. The Morgan fingerprint density at radius 1 is 1.44 bits per heavy atom. The van der Waals surface area contributed by atoms with E-state index in [1.54, 1.807) is 6.20 Å². The lowest BCUT2D eigenvalue weighted by molar-refractivity contribution is 0.688. The van der Waals surface area contributed by atoms with Gasteiger partial charge in [0.25, 0.3) is 0 Å². The minimum absolute atomic E-state index is 0.426. The Kier molecular flexibility index (Phi) is 3.62. The summed E-state index contributed by atoms with van der Waals surface area (Å²) in [6.07, 6.45) is 3.68. The molecule has 2 N–H and O–H groups in total. The van der Waals surface area contributed by atoms with E-state index in [1.807, 2.05) is 18.3 Å². The van der Waals surface area contributed by atoms with Crippen molar-refractivity contribution in [3.63, 3.8) is 0 Å². The van der Waals surface area contributed by atoms with Gasteiger partial charge in [0.05, 0.1) is 11.6 Å². The fourth-order valence-corrected chi connectivity index (χ4v) is 2.52. The average molecular weight is 264 g/mol. The molecule has 96 valence electrons. The zero-order valence-corrected chi connectivity index (χ0v) is 11.7. The molecule has 0 aliphatic rings. The topological polar surface area (TPSA) is 43.8 Å². The standard InChI is InChI=1S/C14H18ClN3/c1-9(2)13-10(3)12(15)8-18(13)7-11-5-4-6-17-14(11)16/h4-6,8-9H,7H2,1-3H3,(H2,16,17). The molecule has 0 aliphatic heterocycles. The number of nitrogens with zero attached hydrogens (tertiary/aromatic N) is 2. The van der Waals surface area contributed by atoms with Crippen LogP contribution in [0.2, 0.25) is 5.02 Å². The number of halogens is 1. The minimum Gasteiger partial charge on any atom is -0.383 e. The molecule has 0 radical (unpaired) electrons. The van der Waals surface area contributed by atoms with Gasteiger partial charge >= 0.3 is 0 Å². The molecule has 0 saturated carbocycles. The zero-order chi connectivity index (χ0) is 13.3. The van der Waals surface area contributed by atoms with Gasteiger partial charge < -0.3 is 10.3 Å².